The molecule has 1 aromatic rings. The number of carboxylic acids is 1. The summed E-state index contributed by atoms with van der Waals surface area (Å²) in [4.78, 5) is 10.9. The monoisotopic (exact) mass is 211 g/mol. The molecule has 0 radical (unpaired) electrons. The first-order valence-corrected chi connectivity index (χ1v) is 4.53. The Morgan fingerprint density at radius 2 is 1.87 bits per heavy atom. The lowest BCUT2D eigenvalue weighted by Gasteiger charge is -2.13. The first kappa shape index (κ1) is 11.3. The number of hydrogen-bond donors (Lipinski definition) is 4. The number of carbonyl (C=O) groups is 1. The smallest absolute Gasteiger partial charge is 0.325 e. The largest absolute Gasteiger partial charge is 0.508 e. The minimum atomic E-state index is -1.05. The third kappa shape index (κ3) is 2.85. The molecule has 0 aliphatic rings. The highest BCUT2D eigenvalue weighted by Crippen LogP contribution is 2.24. The Bertz CT molecular complexity index is 344. The minimum absolute atomic E-state index is 0.158. The summed E-state index contributed by atoms with van der Waals surface area (Å²) in [6.45, 7) is 2.26. The van der Waals surface area contributed by atoms with Crippen LogP contribution in [0.3, 0.4) is 0 Å². The molecule has 0 aliphatic heterocycles. The van der Waals surface area contributed by atoms with E-state index in [9.17, 15) is 15.0 Å². The lowest BCUT2D eigenvalue weighted by molar-refractivity contribution is -0.139. The van der Waals surface area contributed by atoms with Crippen LogP contribution in [-0.2, 0) is 4.79 Å². The third-order valence-electron chi connectivity index (χ3n) is 1.91. The van der Waals surface area contributed by atoms with Crippen LogP contribution < -0.4 is 5.32 Å². The van der Waals surface area contributed by atoms with Crippen molar-refractivity contribution in [2.45, 2.75) is 13.0 Å². The van der Waals surface area contributed by atoms with Gasteiger partial charge in [-0.1, -0.05) is 6.92 Å². The molecule has 0 aromatic heterocycles. The van der Waals surface area contributed by atoms with Crippen LogP contribution in [0.5, 0.6) is 11.5 Å². The number of benzene rings is 1. The van der Waals surface area contributed by atoms with Crippen molar-refractivity contribution in [1.29, 1.82) is 0 Å². The van der Waals surface area contributed by atoms with E-state index in [2.05, 4.69) is 5.32 Å². The molecule has 15 heavy (non-hydrogen) atoms. The highest BCUT2D eigenvalue weighted by Gasteiger charge is 2.19. The second-order valence-corrected chi connectivity index (χ2v) is 3.11. The summed E-state index contributed by atoms with van der Waals surface area (Å²) in [7, 11) is 0. The van der Waals surface area contributed by atoms with Crippen LogP contribution in [0.25, 0.3) is 0 Å². The van der Waals surface area contributed by atoms with Gasteiger partial charge in [0.25, 0.3) is 0 Å². The quantitative estimate of drug-likeness (QED) is 0.592. The zero-order chi connectivity index (χ0) is 11.4. The zero-order valence-corrected chi connectivity index (χ0v) is 8.27. The van der Waals surface area contributed by atoms with Gasteiger partial charge in [-0.2, -0.15) is 0 Å². The Labute approximate surface area is 87.0 Å². The predicted octanol–water partition coefficient (Wildman–Crippen LogP) is 0.833. The molecule has 0 spiro atoms. The maximum Gasteiger partial charge on any atom is 0.325 e. The number of aliphatic carboxylic acids is 1. The molecule has 82 valence electrons. The Hall–Kier alpha value is -1.75. The van der Waals surface area contributed by atoms with Crippen LogP contribution in [0.1, 0.15) is 18.5 Å². The number of rotatable bonds is 4. The molecular weight excluding hydrogens is 198 g/mol. The van der Waals surface area contributed by atoms with Crippen molar-refractivity contribution in [3.8, 4) is 11.5 Å². The molecule has 1 aromatic carbocycles. The number of phenols is 2. The van der Waals surface area contributed by atoms with E-state index in [4.69, 9.17) is 5.11 Å². The first-order valence-electron chi connectivity index (χ1n) is 4.53. The van der Waals surface area contributed by atoms with Gasteiger partial charge in [-0.25, -0.2) is 0 Å². The van der Waals surface area contributed by atoms with E-state index in [1.807, 2.05) is 0 Å². The van der Waals surface area contributed by atoms with Gasteiger partial charge in [0.2, 0.25) is 0 Å². The Morgan fingerprint density at radius 3 is 2.27 bits per heavy atom. The van der Waals surface area contributed by atoms with Crippen molar-refractivity contribution in [3.63, 3.8) is 0 Å². The molecule has 0 unspecified atom stereocenters. The Balaban J connectivity index is 3.05. The molecule has 0 saturated heterocycles. The van der Waals surface area contributed by atoms with Crippen LogP contribution >= 0.6 is 0 Å². The lowest BCUT2D eigenvalue weighted by atomic mass is 10.1. The maximum atomic E-state index is 10.9. The number of likely N-dealkylation sites (N-methyl/N-ethyl adjacent to an activating group) is 1. The first-order chi connectivity index (χ1) is 7.04. The van der Waals surface area contributed by atoms with Crippen molar-refractivity contribution in [3.05, 3.63) is 23.8 Å². The number of carboxylic acid groups (broad SMARTS) is 1. The second-order valence-electron chi connectivity index (χ2n) is 3.11. The van der Waals surface area contributed by atoms with Crippen molar-refractivity contribution in [2.24, 2.45) is 0 Å². The molecule has 1 rings (SSSR count). The van der Waals surface area contributed by atoms with Gasteiger partial charge < -0.3 is 20.6 Å². The number of aromatic hydroxyl groups is 2. The molecule has 5 nitrogen and oxygen atoms in total. The van der Waals surface area contributed by atoms with Gasteiger partial charge in [-0.05, 0) is 24.2 Å². The summed E-state index contributed by atoms with van der Waals surface area (Å²) in [5, 5.41) is 30.1. The number of nitrogens with one attached hydrogen (secondary N) is 1. The number of hydrogen-bond acceptors (Lipinski definition) is 4. The highest BCUT2D eigenvalue weighted by atomic mass is 16.4. The fourth-order valence-corrected chi connectivity index (χ4v) is 1.34. The van der Waals surface area contributed by atoms with Crippen LogP contribution in [0.15, 0.2) is 18.2 Å². The van der Waals surface area contributed by atoms with E-state index < -0.39 is 12.0 Å². The normalized spacial score (nSPS) is 12.3. The zero-order valence-electron chi connectivity index (χ0n) is 8.27. The van der Waals surface area contributed by atoms with Gasteiger partial charge in [0.15, 0.2) is 0 Å². The van der Waals surface area contributed by atoms with Crippen molar-refractivity contribution in [2.75, 3.05) is 6.54 Å². The van der Waals surface area contributed by atoms with Gasteiger partial charge in [0.05, 0.1) is 0 Å². The number of phenolic OH excluding ortho intramolecular Hbond substituents is 2. The topological polar surface area (TPSA) is 89.8 Å². The fraction of sp³-hybridized carbons (Fsp3) is 0.300. The third-order valence-corrected chi connectivity index (χ3v) is 1.91. The SMILES string of the molecule is CCN[C@H](C(=O)O)c1cc(O)cc(O)c1. The van der Waals surface area contributed by atoms with Gasteiger partial charge in [-0.3, -0.25) is 4.79 Å². The maximum absolute atomic E-state index is 10.9. The van der Waals surface area contributed by atoms with E-state index in [-0.39, 0.29) is 11.5 Å². The van der Waals surface area contributed by atoms with Gasteiger partial charge >= 0.3 is 5.97 Å². The Morgan fingerprint density at radius 1 is 1.33 bits per heavy atom. The molecule has 0 aliphatic carbocycles. The van der Waals surface area contributed by atoms with Crippen LogP contribution in [0, 0.1) is 0 Å². The van der Waals surface area contributed by atoms with Crippen molar-refractivity contribution in [1.82, 2.24) is 5.32 Å². The Kier molecular flexibility index (Phi) is 3.51. The summed E-state index contributed by atoms with van der Waals surface area (Å²) in [6.07, 6.45) is 0. The van der Waals surface area contributed by atoms with E-state index in [0.717, 1.165) is 6.07 Å². The van der Waals surface area contributed by atoms with Gasteiger partial charge in [0.1, 0.15) is 17.5 Å². The van der Waals surface area contributed by atoms with Crippen LogP contribution in [0.2, 0.25) is 0 Å². The average Bonchev–Trinajstić information content (AvgIpc) is 2.11. The van der Waals surface area contributed by atoms with E-state index in [0.29, 0.717) is 12.1 Å². The summed E-state index contributed by atoms with van der Waals surface area (Å²) in [5.74, 6) is -1.37. The standard InChI is InChI=1S/C10H13NO4/c1-2-11-9(10(14)15)6-3-7(12)5-8(13)4-6/h3-5,9,11-13H,2H2,1H3,(H,14,15)/t9-/m0/s1. The second kappa shape index (κ2) is 4.65. The summed E-state index contributed by atoms with van der Waals surface area (Å²) in [6, 6.07) is 2.84. The molecule has 0 saturated carbocycles. The van der Waals surface area contributed by atoms with Crippen molar-refractivity contribution >= 4 is 5.97 Å². The molecule has 0 bridgehead atoms. The lowest BCUT2D eigenvalue weighted by Crippen LogP contribution is -2.28. The molecule has 0 fully saturated rings. The minimum Gasteiger partial charge on any atom is -0.508 e. The van der Waals surface area contributed by atoms with Crippen LogP contribution in [0.4, 0.5) is 0 Å². The van der Waals surface area contributed by atoms with Crippen LogP contribution in [-0.4, -0.2) is 27.8 Å². The molecule has 5 heteroatoms. The van der Waals surface area contributed by atoms with E-state index in [1.54, 1.807) is 6.92 Å². The summed E-state index contributed by atoms with van der Waals surface area (Å²) >= 11 is 0. The molecule has 4 N–H and O–H groups in total. The predicted molar refractivity (Wildman–Crippen MR) is 53.8 cm³/mol. The van der Waals surface area contributed by atoms with E-state index >= 15 is 0 Å². The van der Waals surface area contributed by atoms with Gasteiger partial charge in [0, 0.05) is 6.07 Å². The van der Waals surface area contributed by atoms with Crippen molar-refractivity contribution < 1.29 is 20.1 Å². The summed E-state index contributed by atoms with van der Waals surface area (Å²) < 4.78 is 0. The average molecular weight is 211 g/mol. The molecule has 0 heterocycles. The molecule has 0 amide bonds. The van der Waals surface area contributed by atoms with Gasteiger partial charge in [-0.15, -0.1) is 0 Å². The van der Waals surface area contributed by atoms with E-state index in [1.165, 1.54) is 12.1 Å². The fourth-order valence-electron chi connectivity index (χ4n) is 1.34. The highest BCUT2D eigenvalue weighted by molar-refractivity contribution is 5.76. The summed E-state index contributed by atoms with van der Waals surface area (Å²) in [5.41, 5.74) is 0.321. The molecule has 1 atom stereocenters. The molecular formula is C10H13NO4.